The Morgan fingerprint density at radius 2 is 1.61 bits per heavy atom. The lowest BCUT2D eigenvalue weighted by Gasteiger charge is -2.08. The third-order valence-corrected chi connectivity index (χ3v) is 4.68. The molecule has 1 N–H and O–H groups in total. The molecule has 0 fully saturated rings. The van der Waals surface area contributed by atoms with Crippen molar-refractivity contribution in [2.24, 2.45) is 0 Å². The number of pyridine rings is 1. The molecule has 0 aliphatic carbocycles. The van der Waals surface area contributed by atoms with Crippen LogP contribution in [0.1, 0.15) is 36.5 Å². The van der Waals surface area contributed by atoms with Gasteiger partial charge in [0.2, 0.25) is 11.8 Å². The summed E-state index contributed by atoms with van der Waals surface area (Å²) in [6.45, 7) is 2.85. The average Bonchev–Trinajstić information content (AvgIpc) is 2.80. The number of nitrogens with zero attached hydrogens (tertiary/aromatic N) is 1. The first-order valence-corrected chi connectivity index (χ1v) is 10.3. The van der Waals surface area contributed by atoms with E-state index in [9.17, 15) is 9.59 Å². The van der Waals surface area contributed by atoms with Crippen molar-refractivity contribution in [1.82, 2.24) is 4.98 Å². The van der Waals surface area contributed by atoms with Gasteiger partial charge in [0.1, 0.15) is 11.6 Å². The van der Waals surface area contributed by atoms with Crippen LogP contribution in [0.25, 0.3) is 11.1 Å². The van der Waals surface area contributed by atoms with Crippen LogP contribution in [0.3, 0.4) is 0 Å². The summed E-state index contributed by atoms with van der Waals surface area (Å²) >= 11 is 0. The van der Waals surface area contributed by atoms with E-state index >= 15 is 0 Å². The number of nitrogens with one attached hydrogen (secondary N) is 1. The van der Waals surface area contributed by atoms with Crippen molar-refractivity contribution >= 4 is 17.5 Å². The summed E-state index contributed by atoms with van der Waals surface area (Å²) in [6.07, 6.45) is 1.87. The fourth-order valence-electron chi connectivity index (χ4n) is 2.96. The number of unbranched alkanes of at least 4 members (excludes halogenated alkanes) is 1. The van der Waals surface area contributed by atoms with Crippen molar-refractivity contribution in [3.8, 4) is 22.8 Å². The zero-order chi connectivity index (χ0) is 22.1. The Morgan fingerprint density at radius 1 is 0.935 bits per heavy atom. The molecule has 0 atom stereocenters. The minimum absolute atomic E-state index is 0.258. The lowest BCUT2D eigenvalue weighted by atomic mass is 10.0. The van der Waals surface area contributed by atoms with E-state index in [2.05, 4.69) is 17.2 Å². The summed E-state index contributed by atoms with van der Waals surface area (Å²) in [7, 11) is 1.50. The number of ether oxygens (including phenoxy) is 2. The van der Waals surface area contributed by atoms with Crippen LogP contribution in [0.5, 0.6) is 11.6 Å². The van der Waals surface area contributed by atoms with Gasteiger partial charge in [-0.05, 0) is 35.7 Å². The molecular formula is C25H26N2O4. The lowest BCUT2D eigenvalue weighted by Crippen LogP contribution is -2.17. The van der Waals surface area contributed by atoms with E-state index in [-0.39, 0.29) is 12.2 Å². The number of carbonyl (C=O) groups is 2. The van der Waals surface area contributed by atoms with Gasteiger partial charge in [-0.1, -0.05) is 55.8 Å². The fourth-order valence-corrected chi connectivity index (χ4v) is 2.96. The predicted molar refractivity (Wildman–Crippen MR) is 121 cm³/mol. The van der Waals surface area contributed by atoms with Crippen molar-refractivity contribution in [2.75, 3.05) is 19.0 Å². The maximum atomic E-state index is 12.5. The largest absolute Gasteiger partial charge is 0.494 e. The summed E-state index contributed by atoms with van der Waals surface area (Å²) < 4.78 is 10.7. The Hall–Kier alpha value is -3.67. The number of amides is 1. The van der Waals surface area contributed by atoms with Crippen LogP contribution in [0, 0.1) is 0 Å². The smallest absolute Gasteiger partial charge is 0.233 e. The van der Waals surface area contributed by atoms with Gasteiger partial charge in [0.05, 0.1) is 20.1 Å². The van der Waals surface area contributed by atoms with Gasteiger partial charge >= 0.3 is 0 Å². The maximum Gasteiger partial charge on any atom is 0.233 e. The Balaban J connectivity index is 1.57. The minimum Gasteiger partial charge on any atom is -0.494 e. The normalized spacial score (nSPS) is 10.4. The average molecular weight is 418 g/mol. The van der Waals surface area contributed by atoms with Gasteiger partial charge in [-0.25, -0.2) is 0 Å². The molecule has 6 nitrogen and oxygen atoms in total. The van der Waals surface area contributed by atoms with Gasteiger partial charge in [-0.15, -0.1) is 0 Å². The van der Waals surface area contributed by atoms with E-state index in [1.807, 2.05) is 36.4 Å². The number of benzene rings is 2. The number of Topliss-reactive ketones (excluding diaryl/α,β-unsaturated/α-hetero) is 1. The van der Waals surface area contributed by atoms with Gasteiger partial charge in [0.25, 0.3) is 0 Å². The molecule has 160 valence electrons. The van der Waals surface area contributed by atoms with Gasteiger partial charge in [0, 0.05) is 11.6 Å². The number of ketones is 1. The van der Waals surface area contributed by atoms with Gasteiger partial charge in [-0.2, -0.15) is 4.98 Å². The highest BCUT2D eigenvalue weighted by atomic mass is 16.5. The first-order valence-electron chi connectivity index (χ1n) is 10.3. The van der Waals surface area contributed by atoms with Crippen LogP contribution in [0.15, 0.2) is 66.7 Å². The van der Waals surface area contributed by atoms with Gasteiger partial charge in [0.15, 0.2) is 5.78 Å². The molecule has 1 heterocycles. The number of rotatable bonds is 10. The van der Waals surface area contributed by atoms with E-state index in [1.54, 1.807) is 30.3 Å². The number of aromatic nitrogens is 1. The molecule has 2 aromatic carbocycles. The van der Waals surface area contributed by atoms with Crippen LogP contribution >= 0.6 is 0 Å². The molecule has 0 bridgehead atoms. The summed E-state index contributed by atoms with van der Waals surface area (Å²) in [5.74, 6) is 0.899. The van der Waals surface area contributed by atoms with E-state index in [4.69, 9.17) is 9.47 Å². The minimum atomic E-state index is -0.423. The van der Waals surface area contributed by atoms with Crippen molar-refractivity contribution < 1.29 is 19.1 Å². The zero-order valence-corrected chi connectivity index (χ0v) is 17.8. The van der Waals surface area contributed by atoms with E-state index in [1.165, 1.54) is 7.11 Å². The monoisotopic (exact) mass is 418 g/mol. The molecule has 31 heavy (non-hydrogen) atoms. The second kappa shape index (κ2) is 10.9. The Kier molecular flexibility index (Phi) is 7.76. The van der Waals surface area contributed by atoms with E-state index in [0.717, 1.165) is 29.7 Å². The predicted octanol–water partition coefficient (Wildman–Crippen LogP) is 5.15. The third-order valence-electron chi connectivity index (χ3n) is 4.68. The summed E-state index contributed by atoms with van der Waals surface area (Å²) in [6, 6.07) is 20.1. The van der Waals surface area contributed by atoms with E-state index in [0.29, 0.717) is 23.9 Å². The van der Waals surface area contributed by atoms with E-state index < -0.39 is 5.91 Å². The second-order valence-electron chi connectivity index (χ2n) is 7.02. The molecule has 0 radical (unpaired) electrons. The van der Waals surface area contributed by atoms with Crippen molar-refractivity contribution in [3.05, 3.63) is 72.3 Å². The zero-order valence-electron chi connectivity index (χ0n) is 17.8. The highest BCUT2D eigenvalue weighted by Crippen LogP contribution is 2.23. The molecule has 0 aliphatic rings. The molecule has 3 rings (SSSR count). The number of anilines is 1. The molecule has 0 spiro atoms. The first kappa shape index (κ1) is 22.0. The highest BCUT2D eigenvalue weighted by molar-refractivity contribution is 6.10. The number of hydrogen-bond acceptors (Lipinski definition) is 5. The SMILES string of the molecule is CCCCOc1ccc(-c2ccc(C(=O)CC(=O)Nc3cccc(OC)n3)cc2)cc1. The first-order chi connectivity index (χ1) is 15.1. The Bertz CT molecular complexity index is 1010. The van der Waals surface area contributed by atoms with Crippen LogP contribution in [-0.2, 0) is 4.79 Å². The molecule has 1 aromatic heterocycles. The fraction of sp³-hybridized carbons (Fsp3) is 0.240. The molecule has 0 saturated heterocycles. The topological polar surface area (TPSA) is 77.5 Å². The maximum absolute atomic E-state index is 12.5. The Labute approximate surface area is 182 Å². The van der Waals surface area contributed by atoms with Crippen LogP contribution < -0.4 is 14.8 Å². The molecular weight excluding hydrogens is 392 g/mol. The van der Waals surface area contributed by atoms with Crippen molar-refractivity contribution in [3.63, 3.8) is 0 Å². The van der Waals surface area contributed by atoms with Crippen LogP contribution in [0.4, 0.5) is 5.82 Å². The van der Waals surface area contributed by atoms with Crippen LogP contribution in [0.2, 0.25) is 0 Å². The van der Waals surface area contributed by atoms with Crippen LogP contribution in [-0.4, -0.2) is 30.4 Å². The summed E-state index contributed by atoms with van der Waals surface area (Å²) in [5, 5.41) is 2.62. The van der Waals surface area contributed by atoms with Gasteiger partial charge < -0.3 is 14.8 Å². The quantitative estimate of drug-likeness (QED) is 0.280. The van der Waals surface area contributed by atoms with Crippen molar-refractivity contribution in [1.29, 1.82) is 0 Å². The molecule has 1 amide bonds. The van der Waals surface area contributed by atoms with Gasteiger partial charge in [-0.3, -0.25) is 9.59 Å². The second-order valence-corrected chi connectivity index (χ2v) is 7.02. The summed E-state index contributed by atoms with van der Waals surface area (Å²) in [4.78, 5) is 28.8. The standard InChI is InChI=1S/C25H26N2O4/c1-3-4-16-31-21-14-12-19(13-15-21)18-8-10-20(11-9-18)22(28)17-24(29)26-23-6-5-7-25(27-23)30-2/h5-15H,3-4,16-17H2,1-2H3,(H,26,27,29). The number of carbonyl (C=O) groups excluding carboxylic acids is 2. The molecule has 3 aromatic rings. The van der Waals surface area contributed by atoms with Crippen molar-refractivity contribution in [2.45, 2.75) is 26.2 Å². The highest BCUT2D eigenvalue weighted by Gasteiger charge is 2.13. The molecule has 6 heteroatoms. The number of hydrogen-bond donors (Lipinski definition) is 1. The molecule has 0 unspecified atom stereocenters. The lowest BCUT2D eigenvalue weighted by molar-refractivity contribution is -0.115. The molecule has 0 aliphatic heterocycles. The molecule has 0 saturated carbocycles. The Morgan fingerprint density at radius 3 is 2.26 bits per heavy atom. The third kappa shape index (κ3) is 6.40. The summed E-state index contributed by atoms with van der Waals surface area (Å²) in [5.41, 5.74) is 2.50. The number of methoxy groups -OCH3 is 1.